The number of hydrazine groups is 1. The predicted molar refractivity (Wildman–Crippen MR) is 103 cm³/mol. The van der Waals surface area contributed by atoms with E-state index < -0.39 is 10.1 Å². The number of nitrogens with zero attached hydrogens (tertiary/aromatic N) is 1. The average molecular weight is 407 g/mol. The van der Waals surface area contributed by atoms with E-state index in [0.717, 1.165) is 51.3 Å². The molecular formula is C17H34N4O5S. The minimum Gasteiger partial charge on any atom is -0.391 e. The summed E-state index contributed by atoms with van der Waals surface area (Å²) in [6.45, 7) is 4.80. The Morgan fingerprint density at radius 3 is 2.44 bits per heavy atom. The van der Waals surface area contributed by atoms with Crippen LogP contribution in [0.15, 0.2) is 12.1 Å². The van der Waals surface area contributed by atoms with E-state index in [1.807, 2.05) is 18.9 Å². The van der Waals surface area contributed by atoms with Gasteiger partial charge in [0.1, 0.15) is 0 Å². The molecule has 2 rings (SSSR count). The molecule has 0 aromatic rings. The van der Waals surface area contributed by atoms with E-state index in [1.54, 1.807) is 0 Å². The Morgan fingerprint density at radius 2 is 1.85 bits per heavy atom. The highest BCUT2D eigenvalue weighted by atomic mass is 32.2. The molecule has 1 unspecified atom stereocenters. The summed E-state index contributed by atoms with van der Waals surface area (Å²) in [5, 5.41) is 4.53. The monoisotopic (exact) mass is 406 g/mol. The van der Waals surface area contributed by atoms with Gasteiger partial charge in [-0.25, -0.2) is 5.01 Å². The molecule has 1 heterocycles. The molecule has 2 fully saturated rings. The highest BCUT2D eigenvalue weighted by Crippen LogP contribution is 2.23. The van der Waals surface area contributed by atoms with Gasteiger partial charge in [0.2, 0.25) is 11.8 Å². The zero-order valence-electron chi connectivity index (χ0n) is 16.6. The van der Waals surface area contributed by atoms with E-state index >= 15 is 0 Å². The van der Waals surface area contributed by atoms with Crippen molar-refractivity contribution in [2.24, 2.45) is 11.8 Å². The SMILES string of the molecule is CC.CS(=O)(=O)OCC1CCCN1N/C=C(/NC(=O)C1CCCCC1)ON. The fourth-order valence-corrected chi connectivity index (χ4v) is 3.61. The first-order chi connectivity index (χ1) is 12.9. The Hall–Kier alpha value is -1.36. The zero-order chi connectivity index (χ0) is 20.3. The zero-order valence-corrected chi connectivity index (χ0v) is 17.4. The quantitative estimate of drug-likeness (QED) is 0.313. The molecule has 0 aromatic heterocycles. The molecule has 1 aliphatic carbocycles. The number of carbonyl (C=O) groups is 1. The minimum atomic E-state index is -3.47. The van der Waals surface area contributed by atoms with Gasteiger partial charge in [0.15, 0.2) is 0 Å². The lowest BCUT2D eigenvalue weighted by Crippen LogP contribution is -2.42. The van der Waals surface area contributed by atoms with Gasteiger partial charge in [-0.1, -0.05) is 33.1 Å². The molecule has 9 nitrogen and oxygen atoms in total. The van der Waals surface area contributed by atoms with E-state index in [0.29, 0.717) is 0 Å². The summed E-state index contributed by atoms with van der Waals surface area (Å²) in [5.41, 5.74) is 3.00. The van der Waals surface area contributed by atoms with Crippen molar-refractivity contribution in [3.05, 3.63) is 12.1 Å². The number of hydrogen-bond acceptors (Lipinski definition) is 8. The van der Waals surface area contributed by atoms with Gasteiger partial charge in [-0.15, -0.1) is 0 Å². The third kappa shape index (κ3) is 8.91. The lowest BCUT2D eigenvalue weighted by molar-refractivity contribution is -0.126. The molecule has 0 spiro atoms. The smallest absolute Gasteiger partial charge is 0.264 e. The van der Waals surface area contributed by atoms with E-state index in [4.69, 9.17) is 14.9 Å². The lowest BCUT2D eigenvalue weighted by Gasteiger charge is -2.24. The molecule has 2 aliphatic rings. The maximum absolute atomic E-state index is 12.2. The summed E-state index contributed by atoms with van der Waals surface area (Å²) >= 11 is 0. The fraction of sp³-hybridized carbons (Fsp3) is 0.824. The number of nitrogens with two attached hydrogens (primary N) is 1. The molecular weight excluding hydrogens is 372 g/mol. The Morgan fingerprint density at radius 1 is 1.19 bits per heavy atom. The molecule has 1 atom stereocenters. The molecule has 1 amide bonds. The fourth-order valence-electron chi connectivity index (χ4n) is 3.21. The van der Waals surface area contributed by atoms with Crippen LogP contribution in [0.25, 0.3) is 0 Å². The first-order valence-corrected chi connectivity index (χ1v) is 11.5. The number of carbonyl (C=O) groups excluding carboxylic acids is 1. The van der Waals surface area contributed by atoms with Crippen LogP contribution in [-0.4, -0.2) is 44.8 Å². The van der Waals surface area contributed by atoms with Crippen LogP contribution in [0.3, 0.4) is 0 Å². The molecule has 1 saturated heterocycles. The largest absolute Gasteiger partial charge is 0.391 e. The summed E-state index contributed by atoms with van der Waals surface area (Å²) in [6, 6.07) is -0.0842. The van der Waals surface area contributed by atoms with Gasteiger partial charge in [-0.2, -0.15) is 14.3 Å². The first kappa shape index (κ1) is 23.7. The van der Waals surface area contributed by atoms with Gasteiger partial charge < -0.3 is 10.3 Å². The maximum atomic E-state index is 12.2. The molecule has 1 aliphatic heterocycles. The second-order valence-electron chi connectivity index (χ2n) is 6.56. The Labute approximate surface area is 162 Å². The van der Waals surface area contributed by atoms with Crippen LogP contribution in [0, 0.1) is 5.92 Å². The summed E-state index contributed by atoms with van der Waals surface area (Å²) in [6.07, 6.45) is 9.29. The van der Waals surface area contributed by atoms with Crippen molar-refractivity contribution in [2.45, 2.75) is 64.8 Å². The number of hydrogen-bond donors (Lipinski definition) is 3. The maximum Gasteiger partial charge on any atom is 0.264 e. The second kappa shape index (κ2) is 12.2. The highest BCUT2D eigenvalue weighted by Gasteiger charge is 2.26. The third-order valence-corrected chi connectivity index (χ3v) is 5.13. The van der Waals surface area contributed by atoms with E-state index in [-0.39, 0.29) is 30.4 Å². The molecule has 1 saturated carbocycles. The van der Waals surface area contributed by atoms with Crippen molar-refractivity contribution in [3.63, 3.8) is 0 Å². The number of rotatable bonds is 8. The van der Waals surface area contributed by atoms with E-state index in [1.165, 1.54) is 12.6 Å². The van der Waals surface area contributed by atoms with Gasteiger partial charge in [-0.3, -0.25) is 14.3 Å². The van der Waals surface area contributed by atoms with E-state index in [2.05, 4.69) is 10.7 Å². The Kier molecular flexibility index (Phi) is 10.7. The third-order valence-electron chi connectivity index (χ3n) is 4.56. The summed E-state index contributed by atoms with van der Waals surface area (Å²) in [7, 11) is -3.47. The van der Waals surface area contributed by atoms with Gasteiger partial charge in [-0.05, 0) is 25.7 Å². The van der Waals surface area contributed by atoms with Crippen molar-refractivity contribution < 1.29 is 22.2 Å². The van der Waals surface area contributed by atoms with Gasteiger partial charge >= 0.3 is 0 Å². The average Bonchev–Trinajstić information content (AvgIpc) is 3.12. The van der Waals surface area contributed by atoms with Gasteiger partial charge in [0, 0.05) is 12.5 Å². The van der Waals surface area contributed by atoms with Gasteiger partial charge in [0.05, 0.1) is 25.1 Å². The predicted octanol–water partition coefficient (Wildman–Crippen LogP) is 1.34. The molecule has 10 heteroatoms. The summed E-state index contributed by atoms with van der Waals surface area (Å²) in [4.78, 5) is 17.0. The Bertz CT molecular complexity index is 576. The molecule has 158 valence electrons. The molecule has 0 radical (unpaired) electrons. The molecule has 0 aromatic carbocycles. The summed E-state index contributed by atoms with van der Waals surface area (Å²) in [5.74, 6) is 5.28. The van der Waals surface area contributed by atoms with Gasteiger partial charge in [0.25, 0.3) is 10.1 Å². The molecule has 0 bridgehead atoms. The first-order valence-electron chi connectivity index (χ1n) is 9.64. The summed E-state index contributed by atoms with van der Waals surface area (Å²) < 4.78 is 27.1. The Balaban J connectivity index is 0.00000176. The van der Waals surface area contributed by atoms with Crippen molar-refractivity contribution in [1.29, 1.82) is 0 Å². The van der Waals surface area contributed by atoms with Crippen LogP contribution in [-0.2, 0) is 23.9 Å². The number of amides is 1. The van der Waals surface area contributed by atoms with Crippen LogP contribution in [0.5, 0.6) is 0 Å². The second-order valence-corrected chi connectivity index (χ2v) is 8.20. The van der Waals surface area contributed by atoms with Crippen LogP contribution in [0.4, 0.5) is 0 Å². The van der Waals surface area contributed by atoms with Crippen LogP contribution in [0.2, 0.25) is 0 Å². The van der Waals surface area contributed by atoms with Crippen LogP contribution < -0.4 is 16.6 Å². The van der Waals surface area contributed by atoms with Crippen molar-refractivity contribution in [1.82, 2.24) is 15.8 Å². The number of nitrogens with one attached hydrogen (secondary N) is 2. The standard InChI is InChI=1S/C15H28N4O5S.C2H6/c1-25(21,22)23-11-13-8-5-9-19(13)17-10-14(24-16)18-15(20)12-6-3-2-4-7-12;1-2/h10,12-13,17H,2-9,11,16H2,1H3,(H,18,20);1-2H3/b14-10-;. The minimum absolute atomic E-state index is 0.00463. The lowest BCUT2D eigenvalue weighted by atomic mass is 9.89. The molecule has 27 heavy (non-hydrogen) atoms. The highest BCUT2D eigenvalue weighted by molar-refractivity contribution is 7.85. The molecule has 4 N–H and O–H groups in total. The van der Waals surface area contributed by atoms with E-state index in [9.17, 15) is 13.2 Å². The van der Waals surface area contributed by atoms with Crippen LogP contribution >= 0.6 is 0 Å². The topological polar surface area (TPSA) is 123 Å². The van der Waals surface area contributed by atoms with Crippen molar-refractivity contribution in [2.75, 3.05) is 19.4 Å². The van der Waals surface area contributed by atoms with Crippen molar-refractivity contribution >= 4 is 16.0 Å². The van der Waals surface area contributed by atoms with Crippen LogP contribution in [0.1, 0.15) is 58.8 Å². The van der Waals surface area contributed by atoms with Crippen molar-refractivity contribution in [3.8, 4) is 0 Å². The normalized spacial score (nSPS) is 21.9.